The van der Waals surface area contributed by atoms with Crippen molar-refractivity contribution >= 4 is 11.9 Å². The first kappa shape index (κ1) is 17.3. The minimum atomic E-state index is -1.04. The van der Waals surface area contributed by atoms with Crippen LogP contribution >= 0.6 is 0 Å². The van der Waals surface area contributed by atoms with E-state index in [1.807, 2.05) is 6.07 Å². The molecule has 2 aromatic carbocycles. The monoisotopic (exact) mass is 329 g/mol. The zero-order valence-corrected chi connectivity index (χ0v) is 13.5. The average Bonchev–Trinajstić information content (AvgIpc) is 2.59. The molecule has 2 N–H and O–H groups in total. The van der Waals surface area contributed by atoms with Crippen LogP contribution in [0.25, 0.3) is 0 Å². The van der Waals surface area contributed by atoms with Crippen molar-refractivity contribution in [2.45, 2.75) is 13.0 Å². The van der Waals surface area contributed by atoms with Crippen LogP contribution in [-0.4, -0.2) is 31.2 Å². The van der Waals surface area contributed by atoms with Crippen LogP contribution in [-0.2, 0) is 17.8 Å². The summed E-state index contributed by atoms with van der Waals surface area (Å²) in [5, 5.41) is 11.9. The van der Waals surface area contributed by atoms with Crippen LogP contribution < -0.4 is 14.8 Å². The third kappa shape index (κ3) is 4.25. The van der Waals surface area contributed by atoms with Crippen molar-refractivity contribution in [1.82, 2.24) is 5.32 Å². The Morgan fingerprint density at radius 1 is 1.04 bits per heavy atom. The zero-order chi connectivity index (χ0) is 17.5. The summed E-state index contributed by atoms with van der Waals surface area (Å²) in [6.45, 7) is 0.314. The average molecular weight is 329 g/mol. The van der Waals surface area contributed by atoms with Crippen LogP contribution in [0.1, 0.15) is 21.5 Å². The van der Waals surface area contributed by atoms with Gasteiger partial charge in [-0.15, -0.1) is 0 Å². The molecule has 0 radical (unpaired) electrons. The maximum absolute atomic E-state index is 12.1. The van der Waals surface area contributed by atoms with Gasteiger partial charge in [-0.3, -0.25) is 4.79 Å². The van der Waals surface area contributed by atoms with E-state index in [2.05, 4.69) is 5.32 Å². The molecule has 0 aliphatic heterocycles. The van der Waals surface area contributed by atoms with Crippen molar-refractivity contribution < 1.29 is 24.2 Å². The molecule has 0 aliphatic carbocycles. The van der Waals surface area contributed by atoms with Crippen molar-refractivity contribution in [3.05, 3.63) is 59.2 Å². The number of benzene rings is 2. The highest BCUT2D eigenvalue weighted by atomic mass is 16.5. The Morgan fingerprint density at radius 2 is 1.75 bits per heavy atom. The number of carboxylic acid groups (broad SMARTS) is 1. The van der Waals surface area contributed by atoms with Gasteiger partial charge in [0.05, 0.1) is 26.2 Å². The quantitative estimate of drug-likeness (QED) is 0.814. The van der Waals surface area contributed by atoms with Gasteiger partial charge in [0, 0.05) is 6.54 Å². The Bertz CT molecular complexity index is 742. The van der Waals surface area contributed by atoms with Crippen LogP contribution in [0.5, 0.6) is 11.5 Å². The Hall–Kier alpha value is -3.02. The molecule has 1 amide bonds. The second-order valence-electron chi connectivity index (χ2n) is 5.11. The number of carbonyl (C=O) groups is 2. The molecule has 0 saturated heterocycles. The fourth-order valence-electron chi connectivity index (χ4n) is 2.31. The van der Waals surface area contributed by atoms with Gasteiger partial charge >= 0.3 is 5.97 Å². The van der Waals surface area contributed by atoms with Gasteiger partial charge in [0.1, 0.15) is 0 Å². The van der Waals surface area contributed by atoms with Crippen LogP contribution in [0.2, 0.25) is 0 Å². The Kier molecular flexibility index (Phi) is 5.78. The minimum Gasteiger partial charge on any atom is -0.493 e. The molecule has 0 aromatic heterocycles. The molecule has 0 spiro atoms. The second-order valence-corrected chi connectivity index (χ2v) is 5.11. The van der Waals surface area contributed by atoms with E-state index in [0.29, 0.717) is 23.6 Å². The SMILES string of the molecule is COc1ccc(CNC(=O)Cc2ccccc2C(=O)O)cc1OC. The van der Waals surface area contributed by atoms with E-state index in [-0.39, 0.29) is 17.9 Å². The van der Waals surface area contributed by atoms with Crippen LogP contribution in [0.15, 0.2) is 42.5 Å². The number of rotatable bonds is 7. The molecule has 126 valence electrons. The summed E-state index contributed by atoms with van der Waals surface area (Å²) in [4.78, 5) is 23.2. The molecule has 0 atom stereocenters. The van der Waals surface area contributed by atoms with Gasteiger partial charge < -0.3 is 19.9 Å². The summed E-state index contributed by atoms with van der Waals surface area (Å²) in [5.41, 5.74) is 1.47. The van der Waals surface area contributed by atoms with Crippen molar-refractivity contribution in [3.63, 3.8) is 0 Å². The van der Waals surface area contributed by atoms with Gasteiger partial charge in [0.2, 0.25) is 5.91 Å². The Balaban J connectivity index is 2.00. The first-order valence-corrected chi connectivity index (χ1v) is 7.34. The molecule has 6 nitrogen and oxygen atoms in total. The normalized spacial score (nSPS) is 10.1. The number of ether oxygens (including phenoxy) is 2. The van der Waals surface area contributed by atoms with Gasteiger partial charge in [-0.05, 0) is 29.3 Å². The summed E-state index contributed by atoms with van der Waals surface area (Å²) >= 11 is 0. The number of aromatic carboxylic acids is 1. The number of hydrogen-bond donors (Lipinski definition) is 2. The summed E-state index contributed by atoms with van der Waals surface area (Å²) < 4.78 is 10.4. The Morgan fingerprint density at radius 3 is 2.42 bits per heavy atom. The Labute approximate surface area is 140 Å². The third-order valence-corrected chi connectivity index (χ3v) is 3.54. The first-order chi connectivity index (χ1) is 11.5. The number of carboxylic acids is 1. The van der Waals surface area contributed by atoms with Gasteiger partial charge in [-0.25, -0.2) is 4.79 Å². The molecular weight excluding hydrogens is 310 g/mol. The van der Waals surface area contributed by atoms with Crippen LogP contribution in [0, 0.1) is 0 Å². The molecule has 0 fully saturated rings. The molecule has 0 heterocycles. The lowest BCUT2D eigenvalue weighted by Gasteiger charge is -2.11. The van der Waals surface area contributed by atoms with Gasteiger partial charge in [-0.1, -0.05) is 24.3 Å². The van der Waals surface area contributed by atoms with Crippen molar-refractivity contribution in [2.75, 3.05) is 14.2 Å². The molecule has 24 heavy (non-hydrogen) atoms. The van der Waals surface area contributed by atoms with Crippen molar-refractivity contribution in [3.8, 4) is 11.5 Å². The molecule has 0 saturated carbocycles. The van der Waals surface area contributed by atoms with Crippen molar-refractivity contribution in [1.29, 1.82) is 0 Å². The zero-order valence-electron chi connectivity index (χ0n) is 13.5. The molecular formula is C18H19NO5. The maximum atomic E-state index is 12.1. The largest absolute Gasteiger partial charge is 0.493 e. The minimum absolute atomic E-state index is 0.00969. The highest BCUT2D eigenvalue weighted by Gasteiger charge is 2.12. The standard InChI is InChI=1S/C18H19NO5/c1-23-15-8-7-12(9-16(15)24-2)11-19-17(20)10-13-5-3-4-6-14(13)18(21)22/h3-9H,10-11H2,1-2H3,(H,19,20)(H,21,22). The maximum Gasteiger partial charge on any atom is 0.335 e. The van der Waals surface area contributed by atoms with Crippen molar-refractivity contribution in [2.24, 2.45) is 0 Å². The predicted octanol–water partition coefficient (Wildman–Crippen LogP) is 2.26. The van der Waals surface area contributed by atoms with Gasteiger partial charge in [-0.2, -0.15) is 0 Å². The van der Waals surface area contributed by atoms with E-state index >= 15 is 0 Å². The molecule has 0 aliphatic rings. The fourth-order valence-corrected chi connectivity index (χ4v) is 2.31. The van der Waals surface area contributed by atoms with Crippen LogP contribution in [0.4, 0.5) is 0 Å². The van der Waals surface area contributed by atoms with E-state index in [4.69, 9.17) is 14.6 Å². The van der Waals surface area contributed by atoms with Gasteiger partial charge in [0.25, 0.3) is 0 Å². The smallest absolute Gasteiger partial charge is 0.335 e. The number of hydrogen-bond acceptors (Lipinski definition) is 4. The number of nitrogens with one attached hydrogen (secondary N) is 1. The summed E-state index contributed by atoms with van der Waals surface area (Å²) in [7, 11) is 3.10. The summed E-state index contributed by atoms with van der Waals surface area (Å²) in [6.07, 6.45) is 0.00969. The molecule has 2 rings (SSSR count). The highest BCUT2D eigenvalue weighted by Crippen LogP contribution is 2.27. The molecule has 6 heteroatoms. The van der Waals surface area contributed by atoms with Crippen LogP contribution in [0.3, 0.4) is 0 Å². The number of methoxy groups -OCH3 is 2. The summed E-state index contributed by atoms with van der Waals surface area (Å²) in [6, 6.07) is 11.8. The fraction of sp³-hybridized carbons (Fsp3) is 0.222. The van der Waals surface area contributed by atoms with E-state index < -0.39 is 5.97 Å². The third-order valence-electron chi connectivity index (χ3n) is 3.54. The number of carbonyl (C=O) groups excluding carboxylic acids is 1. The lowest BCUT2D eigenvalue weighted by molar-refractivity contribution is -0.120. The first-order valence-electron chi connectivity index (χ1n) is 7.34. The van der Waals surface area contributed by atoms with Gasteiger partial charge in [0.15, 0.2) is 11.5 Å². The lowest BCUT2D eigenvalue weighted by atomic mass is 10.0. The van der Waals surface area contributed by atoms with E-state index in [9.17, 15) is 9.59 Å². The molecule has 0 unspecified atom stereocenters. The lowest BCUT2D eigenvalue weighted by Crippen LogP contribution is -2.25. The van der Waals surface area contributed by atoms with E-state index in [1.165, 1.54) is 6.07 Å². The van der Waals surface area contributed by atoms with E-state index in [1.54, 1.807) is 44.6 Å². The summed E-state index contributed by atoms with van der Waals surface area (Å²) in [5.74, 6) is -0.0970. The number of amides is 1. The predicted molar refractivity (Wildman–Crippen MR) is 88.5 cm³/mol. The molecule has 0 bridgehead atoms. The van der Waals surface area contributed by atoms with E-state index in [0.717, 1.165) is 5.56 Å². The second kappa shape index (κ2) is 8.01. The molecule has 2 aromatic rings. The highest BCUT2D eigenvalue weighted by molar-refractivity contribution is 5.91. The topological polar surface area (TPSA) is 84.9 Å².